The number of para-hydroxylation sites is 1. The number of benzene rings is 1. The summed E-state index contributed by atoms with van der Waals surface area (Å²) in [5.74, 6) is 0. The summed E-state index contributed by atoms with van der Waals surface area (Å²) < 4.78 is 0. The van der Waals surface area contributed by atoms with Gasteiger partial charge in [0.05, 0.1) is 6.54 Å². The van der Waals surface area contributed by atoms with E-state index in [4.69, 9.17) is 0 Å². The Morgan fingerprint density at radius 3 is 2.82 bits per heavy atom. The first kappa shape index (κ1) is 14.9. The lowest BCUT2D eigenvalue weighted by Crippen LogP contribution is -2.43. The molecule has 22 heavy (non-hydrogen) atoms. The minimum absolute atomic E-state index is 0.0895. The van der Waals surface area contributed by atoms with Gasteiger partial charge in [0.25, 0.3) is 0 Å². The third-order valence-electron chi connectivity index (χ3n) is 3.97. The Hall–Kier alpha value is -2.01. The number of nitrogens with one attached hydrogen (secondary N) is 2. The minimum Gasteiger partial charge on any atom is -0.367 e. The zero-order valence-electron chi connectivity index (χ0n) is 12.5. The van der Waals surface area contributed by atoms with Crippen LogP contribution in [0.5, 0.6) is 0 Å². The van der Waals surface area contributed by atoms with E-state index in [0.29, 0.717) is 19.1 Å². The highest BCUT2D eigenvalue weighted by atomic mass is 32.1. The van der Waals surface area contributed by atoms with E-state index in [9.17, 15) is 4.79 Å². The van der Waals surface area contributed by atoms with Crippen molar-refractivity contribution in [1.82, 2.24) is 10.6 Å². The molecule has 0 aliphatic carbocycles. The van der Waals surface area contributed by atoms with Gasteiger partial charge in [0.1, 0.15) is 0 Å². The van der Waals surface area contributed by atoms with Gasteiger partial charge < -0.3 is 15.5 Å². The third-order valence-corrected chi connectivity index (χ3v) is 4.84. The van der Waals surface area contributed by atoms with Gasteiger partial charge in [0, 0.05) is 29.7 Å². The number of urea groups is 1. The van der Waals surface area contributed by atoms with Crippen LogP contribution < -0.4 is 15.5 Å². The van der Waals surface area contributed by atoms with Crippen LogP contribution in [0.4, 0.5) is 10.5 Å². The molecule has 2 heterocycles. The van der Waals surface area contributed by atoms with Crippen LogP contribution in [-0.2, 0) is 6.54 Å². The fourth-order valence-electron chi connectivity index (χ4n) is 2.86. The molecule has 0 bridgehead atoms. The molecule has 1 aromatic heterocycles. The molecule has 2 N–H and O–H groups in total. The first-order valence-electron chi connectivity index (χ1n) is 7.69. The fraction of sp³-hybridized carbons (Fsp3) is 0.353. The molecule has 0 radical (unpaired) electrons. The topological polar surface area (TPSA) is 44.4 Å². The molecule has 1 aliphatic heterocycles. The molecule has 1 aliphatic rings. The third kappa shape index (κ3) is 3.80. The Morgan fingerprint density at radius 2 is 2.05 bits per heavy atom. The molecule has 1 saturated heterocycles. The second-order valence-corrected chi connectivity index (χ2v) is 6.50. The number of amides is 2. The highest BCUT2D eigenvalue weighted by Gasteiger charge is 2.24. The van der Waals surface area contributed by atoms with Crippen LogP contribution >= 0.6 is 11.3 Å². The number of rotatable bonds is 5. The van der Waals surface area contributed by atoms with Crippen LogP contribution in [0.2, 0.25) is 0 Å². The van der Waals surface area contributed by atoms with Gasteiger partial charge in [-0.3, -0.25) is 0 Å². The quantitative estimate of drug-likeness (QED) is 0.890. The van der Waals surface area contributed by atoms with Gasteiger partial charge in [-0.05, 0) is 36.4 Å². The van der Waals surface area contributed by atoms with Crippen LogP contribution in [-0.4, -0.2) is 25.2 Å². The smallest absolute Gasteiger partial charge is 0.315 e. The summed E-state index contributed by atoms with van der Waals surface area (Å²) in [6.45, 7) is 2.34. The monoisotopic (exact) mass is 315 g/mol. The summed E-state index contributed by atoms with van der Waals surface area (Å²) in [5.41, 5.74) is 1.24. The van der Waals surface area contributed by atoms with Crippen molar-refractivity contribution in [3.05, 3.63) is 52.7 Å². The average Bonchev–Trinajstić information content (AvgIpc) is 3.23. The number of carbonyl (C=O) groups excluding carboxylic acids is 1. The highest BCUT2D eigenvalue weighted by Crippen LogP contribution is 2.24. The van der Waals surface area contributed by atoms with Crippen LogP contribution in [0.25, 0.3) is 0 Å². The van der Waals surface area contributed by atoms with Gasteiger partial charge in [-0.25, -0.2) is 4.79 Å². The van der Waals surface area contributed by atoms with Crippen LogP contribution in [0.3, 0.4) is 0 Å². The summed E-state index contributed by atoms with van der Waals surface area (Å²) in [6, 6.07) is 14.7. The molecule has 1 aromatic carbocycles. The van der Waals surface area contributed by atoms with Crippen molar-refractivity contribution in [3.63, 3.8) is 0 Å². The van der Waals surface area contributed by atoms with Crippen molar-refractivity contribution in [2.75, 3.05) is 18.0 Å². The highest BCUT2D eigenvalue weighted by molar-refractivity contribution is 7.09. The van der Waals surface area contributed by atoms with Gasteiger partial charge in [-0.2, -0.15) is 0 Å². The molecule has 4 nitrogen and oxygen atoms in total. The molecule has 116 valence electrons. The second kappa shape index (κ2) is 7.31. The van der Waals surface area contributed by atoms with Crippen LogP contribution in [0.1, 0.15) is 17.7 Å². The van der Waals surface area contributed by atoms with E-state index >= 15 is 0 Å². The van der Waals surface area contributed by atoms with Crippen molar-refractivity contribution < 1.29 is 4.79 Å². The Morgan fingerprint density at radius 1 is 1.18 bits per heavy atom. The summed E-state index contributed by atoms with van der Waals surface area (Å²) in [4.78, 5) is 15.5. The summed E-state index contributed by atoms with van der Waals surface area (Å²) in [6.07, 6.45) is 2.30. The van der Waals surface area contributed by atoms with E-state index in [1.165, 1.54) is 17.0 Å². The Labute approximate surface area is 135 Å². The molecular formula is C17H21N3OS. The van der Waals surface area contributed by atoms with Gasteiger partial charge in [0.2, 0.25) is 0 Å². The van der Waals surface area contributed by atoms with Crippen molar-refractivity contribution in [2.24, 2.45) is 0 Å². The lowest BCUT2D eigenvalue weighted by atomic mass is 10.2. The maximum absolute atomic E-state index is 11.9. The van der Waals surface area contributed by atoms with Crippen molar-refractivity contribution >= 4 is 23.1 Å². The van der Waals surface area contributed by atoms with E-state index in [1.54, 1.807) is 11.3 Å². The molecule has 3 rings (SSSR count). The number of thiophene rings is 1. The van der Waals surface area contributed by atoms with E-state index in [0.717, 1.165) is 13.0 Å². The Kier molecular flexibility index (Phi) is 4.96. The predicted octanol–water partition coefficient (Wildman–Crippen LogP) is 3.22. The van der Waals surface area contributed by atoms with E-state index in [1.807, 2.05) is 23.6 Å². The Balaban J connectivity index is 1.47. The molecule has 1 atom stereocenters. The zero-order chi connectivity index (χ0) is 15.2. The first-order chi connectivity index (χ1) is 10.8. The van der Waals surface area contributed by atoms with Crippen molar-refractivity contribution in [2.45, 2.75) is 25.4 Å². The predicted molar refractivity (Wildman–Crippen MR) is 91.4 cm³/mol. The molecule has 0 saturated carbocycles. The molecule has 2 aromatic rings. The Bertz CT molecular complexity index is 585. The van der Waals surface area contributed by atoms with Crippen LogP contribution in [0, 0.1) is 0 Å². The summed E-state index contributed by atoms with van der Waals surface area (Å²) >= 11 is 1.66. The standard InChI is InChI=1S/C17H21N3OS/c21-17(19-13-16-9-5-11-22-16)18-12-15-8-4-10-20(15)14-6-2-1-3-7-14/h1-3,5-7,9,11,15H,4,8,10,12-13H2,(H2,18,19,21). The van der Waals surface area contributed by atoms with Crippen molar-refractivity contribution in [1.29, 1.82) is 0 Å². The molecule has 1 fully saturated rings. The normalized spacial score (nSPS) is 17.5. The largest absolute Gasteiger partial charge is 0.367 e. The minimum atomic E-state index is -0.0895. The molecule has 1 unspecified atom stereocenters. The van der Waals surface area contributed by atoms with Gasteiger partial charge in [0.15, 0.2) is 0 Å². The van der Waals surface area contributed by atoms with Gasteiger partial charge >= 0.3 is 6.03 Å². The SMILES string of the molecule is O=C(NCc1cccs1)NCC1CCCN1c1ccccc1. The number of hydrogen-bond donors (Lipinski definition) is 2. The van der Waals surface area contributed by atoms with Crippen molar-refractivity contribution in [3.8, 4) is 0 Å². The number of anilines is 1. The maximum atomic E-state index is 11.9. The van der Waals surface area contributed by atoms with E-state index in [-0.39, 0.29) is 6.03 Å². The van der Waals surface area contributed by atoms with E-state index in [2.05, 4.69) is 39.8 Å². The molecule has 5 heteroatoms. The second-order valence-electron chi connectivity index (χ2n) is 5.47. The number of hydrogen-bond acceptors (Lipinski definition) is 3. The average molecular weight is 315 g/mol. The number of nitrogens with zero attached hydrogens (tertiary/aromatic N) is 1. The van der Waals surface area contributed by atoms with Crippen LogP contribution in [0.15, 0.2) is 47.8 Å². The molecular weight excluding hydrogens is 294 g/mol. The van der Waals surface area contributed by atoms with Gasteiger partial charge in [-0.1, -0.05) is 24.3 Å². The first-order valence-corrected chi connectivity index (χ1v) is 8.56. The summed E-state index contributed by atoms with van der Waals surface area (Å²) in [5, 5.41) is 7.92. The lowest BCUT2D eigenvalue weighted by molar-refractivity contribution is 0.240. The van der Waals surface area contributed by atoms with E-state index < -0.39 is 0 Å². The number of carbonyl (C=O) groups is 1. The maximum Gasteiger partial charge on any atom is 0.315 e. The summed E-state index contributed by atoms with van der Waals surface area (Å²) in [7, 11) is 0. The molecule has 2 amide bonds. The molecule has 0 spiro atoms. The zero-order valence-corrected chi connectivity index (χ0v) is 13.3. The lowest BCUT2D eigenvalue weighted by Gasteiger charge is -2.27. The van der Waals surface area contributed by atoms with Gasteiger partial charge in [-0.15, -0.1) is 11.3 Å². The fourth-order valence-corrected chi connectivity index (χ4v) is 3.51.